The highest BCUT2D eigenvalue weighted by Crippen LogP contribution is 2.54. The van der Waals surface area contributed by atoms with E-state index in [0.29, 0.717) is 17.6 Å². The van der Waals surface area contributed by atoms with Gasteiger partial charge in [-0.3, -0.25) is 0 Å². The van der Waals surface area contributed by atoms with E-state index in [9.17, 15) is 4.79 Å². The van der Waals surface area contributed by atoms with Gasteiger partial charge in [-0.05, 0) is 93.4 Å². The molecule has 0 heterocycles. The zero-order chi connectivity index (χ0) is 16.8. The normalized spacial score (nSPS) is 26.5. The Morgan fingerprint density at radius 2 is 1.83 bits per heavy atom. The molecule has 0 aromatic heterocycles. The topological polar surface area (TPSA) is 50.1 Å². The molecule has 1 unspecified atom stereocenters. The molecule has 0 saturated heterocycles. The third-order valence-corrected chi connectivity index (χ3v) is 6.26. The van der Waals surface area contributed by atoms with Gasteiger partial charge in [-0.2, -0.15) is 5.26 Å². The standard InChI is InChI=1S/C21H27NO2/c22-15-18-4-6-20(7-5-18)24-14-2-1-3-19(16-23)21-11-8-17(9-12-21)10-13-21/h4-7,16-17,19H,1-3,8-14H2. The van der Waals surface area contributed by atoms with E-state index in [2.05, 4.69) is 6.07 Å². The molecule has 24 heavy (non-hydrogen) atoms. The van der Waals surface area contributed by atoms with Gasteiger partial charge in [0, 0.05) is 5.92 Å². The number of fused-ring (bicyclic) bond motifs is 3. The van der Waals surface area contributed by atoms with E-state index < -0.39 is 0 Å². The molecule has 0 N–H and O–H groups in total. The van der Waals surface area contributed by atoms with Gasteiger partial charge in [0.25, 0.3) is 0 Å². The van der Waals surface area contributed by atoms with Gasteiger partial charge in [0.15, 0.2) is 0 Å². The molecule has 0 spiro atoms. The molecule has 3 saturated carbocycles. The summed E-state index contributed by atoms with van der Waals surface area (Å²) in [5, 5.41) is 8.78. The Morgan fingerprint density at radius 1 is 1.17 bits per heavy atom. The number of hydrogen-bond donors (Lipinski definition) is 0. The van der Waals surface area contributed by atoms with Crippen LogP contribution in [0.15, 0.2) is 24.3 Å². The molecule has 2 bridgehead atoms. The predicted molar refractivity (Wildman–Crippen MR) is 93.7 cm³/mol. The monoisotopic (exact) mass is 325 g/mol. The summed E-state index contributed by atoms with van der Waals surface area (Å²) in [6, 6.07) is 9.33. The van der Waals surface area contributed by atoms with E-state index in [1.807, 2.05) is 12.1 Å². The highest BCUT2D eigenvalue weighted by molar-refractivity contribution is 5.55. The summed E-state index contributed by atoms with van der Waals surface area (Å²) in [5.74, 6) is 2.00. The van der Waals surface area contributed by atoms with Crippen LogP contribution in [0.2, 0.25) is 0 Å². The Balaban J connectivity index is 1.40. The molecule has 1 aromatic rings. The molecule has 0 amide bonds. The third kappa shape index (κ3) is 3.80. The molecule has 1 aromatic carbocycles. The van der Waals surface area contributed by atoms with Gasteiger partial charge in [0.05, 0.1) is 18.2 Å². The fourth-order valence-electron chi connectivity index (χ4n) is 4.64. The van der Waals surface area contributed by atoms with Crippen molar-refractivity contribution in [2.45, 2.75) is 57.8 Å². The molecule has 3 nitrogen and oxygen atoms in total. The molecule has 3 heteroatoms. The van der Waals surface area contributed by atoms with Gasteiger partial charge >= 0.3 is 0 Å². The first-order valence-electron chi connectivity index (χ1n) is 9.34. The van der Waals surface area contributed by atoms with Crippen molar-refractivity contribution in [3.8, 4) is 11.8 Å². The van der Waals surface area contributed by atoms with Gasteiger partial charge in [0.1, 0.15) is 12.0 Å². The van der Waals surface area contributed by atoms with Crippen LogP contribution in [-0.4, -0.2) is 12.9 Å². The molecular weight excluding hydrogens is 298 g/mol. The summed E-state index contributed by atoms with van der Waals surface area (Å²) in [4.78, 5) is 11.7. The zero-order valence-electron chi connectivity index (χ0n) is 14.4. The highest BCUT2D eigenvalue weighted by atomic mass is 16.5. The summed E-state index contributed by atoms with van der Waals surface area (Å²) in [7, 11) is 0. The van der Waals surface area contributed by atoms with Crippen LogP contribution < -0.4 is 4.74 Å². The van der Waals surface area contributed by atoms with Crippen molar-refractivity contribution >= 4 is 6.29 Å². The molecule has 0 aliphatic heterocycles. The van der Waals surface area contributed by atoms with E-state index in [1.54, 1.807) is 12.1 Å². The van der Waals surface area contributed by atoms with E-state index >= 15 is 0 Å². The van der Waals surface area contributed by atoms with Crippen molar-refractivity contribution in [2.24, 2.45) is 17.3 Å². The van der Waals surface area contributed by atoms with Gasteiger partial charge in [-0.25, -0.2) is 0 Å². The van der Waals surface area contributed by atoms with Crippen LogP contribution in [0.5, 0.6) is 5.75 Å². The average Bonchev–Trinajstić information content (AvgIpc) is 2.66. The smallest absolute Gasteiger partial charge is 0.123 e. The first kappa shape index (κ1) is 17.0. The fraction of sp³-hybridized carbons (Fsp3) is 0.619. The van der Waals surface area contributed by atoms with Crippen molar-refractivity contribution < 1.29 is 9.53 Å². The van der Waals surface area contributed by atoms with Crippen molar-refractivity contribution in [1.29, 1.82) is 5.26 Å². The van der Waals surface area contributed by atoms with Crippen molar-refractivity contribution in [3.05, 3.63) is 29.8 Å². The lowest BCUT2D eigenvalue weighted by Crippen LogP contribution is -2.40. The Bertz CT molecular complexity index is 565. The quantitative estimate of drug-likeness (QED) is 0.505. The number of benzene rings is 1. The highest BCUT2D eigenvalue weighted by Gasteiger charge is 2.45. The van der Waals surface area contributed by atoms with E-state index in [1.165, 1.54) is 44.8 Å². The lowest BCUT2D eigenvalue weighted by atomic mass is 9.55. The maximum Gasteiger partial charge on any atom is 0.123 e. The SMILES string of the molecule is N#Cc1ccc(OCCCCC(C=O)C23CCC(CC2)CC3)cc1. The second kappa shape index (κ2) is 7.83. The van der Waals surface area contributed by atoms with Crippen LogP contribution in [0.1, 0.15) is 63.4 Å². The molecule has 3 aliphatic rings. The number of rotatable bonds is 8. The lowest BCUT2D eigenvalue weighted by Gasteiger charge is -2.49. The lowest BCUT2D eigenvalue weighted by molar-refractivity contribution is -0.119. The Morgan fingerprint density at radius 3 is 2.42 bits per heavy atom. The van der Waals surface area contributed by atoms with Crippen molar-refractivity contribution in [1.82, 2.24) is 0 Å². The largest absolute Gasteiger partial charge is 0.494 e. The first-order chi connectivity index (χ1) is 11.8. The van der Waals surface area contributed by atoms with E-state index in [0.717, 1.165) is 30.9 Å². The number of aldehydes is 1. The molecule has 3 fully saturated rings. The number of carbonyl (C=O) groups excluding carboxylic acids is 1. The molecule has 1 atom stereocenters. The van der Waals surface area contributed by atoms with Crippen molar-refractivity contribution in [2.75, 3.05) is 6.61 Å². The van der Waals surface area contributed by atoms with Gasteiger partial charge in [0.2, 0.25) is 0 Å². The Hall–Kier alpha value is -1.82. The first-order valence-corrected chi connectivity index (χ1v) is 9.34. The Kier molecular flexibility index (Phi) is 5.56. The van der Waals surface area contributed by atoms with Gasteiger partial charge < -0.3 is 9.53 Å². The molecule has 128 valence electrons. The van der Waals surface area contributed by atoms with Crippen LogP contribution in [0.4, 0.5) is 0 Å². The Labute approximate surface area is 145 Å². The maximum absolute atomic E-state index is 11.7. The zero-order valence-corrected chi connectivity index (χ0v) is 14.4. The number of ether oxygens (including phenoxy) is 1. The number of nitrogens with zero attached hydrogens (tertiary/aromatic N) is 1. The number of carbonyl (C=O) groups is 1. The second-order valence-electron chi connectivity index (χ2n) is 7.57. The minimum Gasteiger partial charge on any atom is -0.494 e. The van der Waals surface area contributed by atoms with Crippen LogP contribution in [0.25, 0.3) is 0 Å². The van der Waals surface area contributed by atoms with Gasteiger partial charge in [-0.1, -0.05) is 0 Å². The minimum absolute atomic E-state index is 0.244. The summed E-state index contributed by atoms with van der Waals surface area (Å²) >= 11 is 0. The summed E-state index contributed by atoms with van der Waals surface area (Å²) in [5.41, 5.74) is 0.974. The van der Waals surface area contributed by atoms with E-state index in [-0.39, 0.29) is 5.92 Å². The average molecular weight is 325 g/mol. The number of unbranched alkanes of at least 4 members (excludes halogenated alkanes) is 1. The summed E-state index contributed by atoms with van der Waals surface area (Å²) in [6.45, 7) is 0.673. The number of nitriles is 1. The van der Waals surface area contributed by atoms with Crippen molar-refractivity contribution in [3.63, 3.8) is 0 Å². The minimum atomic E-state index is 0.244. The van der Waals surface area contributed by atoms with Crippen LogP contribution >= 0.6 is 0 Å². The van der Waals surface area contributed by atoms with E-state index in [4.69, 9.17) is 10.00 Å². The summed E-state index contributed by atoms with van der Waals surface area (Å²) < 4.78 is 5.73. The maximum atomic E-state index is 11.7. The van der Waals surface area contributed by atoms with Crippen LogP contribution in [0, 0.1) is 28.6 Å². The predicted octanol–water partition coefficient (Wildman–Crippen LogP) is 4.89. The summed E-state index contributed by atoms with van der Waals surface area (Å²) in [6.07, 6.45) is 12.1. The molecular formula is C21H27NO2. The third-order valence-electron chi connectivity index (χ3n) is 6.26. The molecule has 3 aliphatic carbocycles. The fourth-order valence-corrected chi connectivity index (χ4v) is 4.64. The van der Waals surface area contributed by atoms with Gasteiger partial charge in [-0.15, -0.1) is 0 Å². The molecule has 4 rings (SSSR count). The van der Waals surface area contributed by atoms with Crippen LogP contribution in [0.3, 0.4) is 0 Å². The molecule has 0 radical (unpaired) electrons. The van der Waals surface area contributed by atoms with Crippen LogP contribution in [-0.2, 0) is 4.79 Å². The number of hydrogen-bond acceptors (Lipinski definition) is 3. The second-order valence-corrected chi connectivity index (χ2v) is 7.57.